The molecule has 96 heavy (non-hydrogen) atoms. The summed E-state index contributed by atoms with van der Waals surface area (Å²) in [4.78, 5) is 72.8. The third kappa shape index (κ3) is 68.7. The van der Waals surface area contributed by atoms with E-state index in [2.05, 4.69) is 72.8 Å². The lowest BCUT2D eigenvalue weighted by molar-refractivity contribution is -0.161. The maximum Gasteiger partial charge on any atom is 0.472 e. The van der Waals surface area contributed by atoms with Gasteiger partial charge in [0.05, 0.1) is 26.4 Å². The summed E-state index contributed by atoms with van der Waals surface area (Å²) in [7, 11) is -9.92. The standard InChI is InChI=1S/C77H146O17P2/c1-8-10-11-12-13-14-15-16-18-22-25-31-36-44-51-58-74(79)87-64-72(93-76(81)60-53-46-37-32-26-23-20-17-19-21-24-29-34-41-48-55-68(3)4)66-91-95(83,84)89-62-71(78)63-90-96(85,86)92-67-73(65-88-75(80)59-52-45-40-39-42-49-56-69(5)6)94-77(82)61-54-47-38-33-28-27-30-35-43-50-57-70(7)9-2/h14-16,18,68-73,78H,8-13,17,19-67H2,1-7H3,(H,83,84)(H,85,86)/b15-14-,18-16-/t70?,71-,72-,73-/m1/s1. The normalized spacial score (nSPS) is 14.5. The minimum atomic E-state index is -4.97. The van der Waals surface area contributed by atoms with Gasteiger partial charge in [-0.3, -0.25) is 37.3 Å². The van der Waals surface area contributed by atoms with Crippen LogP contribution in [0.15, 0.2) is 24.3 Å². The van der Waals surface area contributed by atoms with Crippen LogP contribution in [0.25, 0.3) is 0 Å². The average Bonchev–Trinajstić information content (AvgIpc) is 1.56. The van der Waals surface area contributed by atoms with Gasteiger partial charge in [-0.25, -0.2) is 9.13 Å². The summed E-state index contributed by atoms with van der Waals surface area (Å²) < 4.78 is 68.5. The van der Waals surface area contributed by atoms with E-state index in [9.17, 15) is 43.2 Å². The molecule has 0 aliphatic heterocycles. The highest BCUT2D eigenvalue weighted by Gasteiger charge is 2.30. The Hall–Kier alpha value is -2.46. The molecule has 19 heteroatoms. The first-order valence-corrected chi connectivity index (χ1v) is 42.2. The molecule has 0 heterocycles. The lowest BCUT2D eigenvalue weighted by atomic mass is 9.99. The molecule has 0 aromatic carbocycles. The Labute approximate surface area is 586 Å². The first kappa shape index (κ1) is 93.5. The average molecular weight is 1410 g/mol. The van der Waals surface area contributed by atoms with E-state index in [4.69, 9.17) is 37.0 Å². The summed E-state index contributed by atoms with van der Waals surface area (Å²) in [5, 5.41) is 10.6. The number of hydrogen-bond acceptors (Lipinski definition) is 15. The van der Waals surface area contributed by atoms with Crippen molar-refractivity contribution < 1.29 is 80.2 Å². The molecule has 0 aliphatic carbocycles. The van der Waals surface area contributed by atoms with Crippen molar-refractivity contribution >= 4 is 39.5 Å². The Morgan fingerprint density at radius 2 is 0.615 bits per heavy atom. The first-order chi connectivity index (χ1) is 46.3. The predicted octanol–water partition coefficient (Wildman–Crippen LogP) is 22.1. The summed E-state index contributed by atoms with van der Waals surface area (Å²) in [5.74, 6) is 0.131. The van der Waals surface area contributed by atoms with E-state index in [1.54, 1.807) is 0 Å². The van der Waals surface area contributed by atoms with Gasteiger partial charge in [-0.05, 0) is 69.1 Å². The Morgan fingerprint density at radius 3 is 0.927 bits per heavy atom. The number of carbonyl (C=O) groups is 4. The van der Waals surface area contributed by atoms with E-state index in [-0.39, 0.29) is 25.7 Å². The molecule has 0 radical (unpaired) electrons. The van der Waals surface area contributed by atoms with E-state index in [1.807, 2.05) is 0 Å². The van der Waals surface area contributed by atoms with E-state index < -0.39 is 97.5 Å². The van der Waals surface area contributed by atoms with E-state index in [0.29, 0.717) is 31.6 Å². The second-order valence-corrected chi connectivity index (χ2v) is 31.2. The summed E-state index contributed by atoms with van der Waals surface area (Å²) in [6, 6.07) is 0. The molecule has 566 valence electrons. The van der Waals surface area contributed by atoms with Gasteiger partial charge in [-0.1, -0.05) is 317 Å². The molecule has 6 atom stereocenters. The van der Waals surface area contributed by atoms with Gasteiger partial charge in [0, 0.05) is 25.7 Å². The molecule has 0 amide bonds. The molecule has 0 fully saturated rings. The highest BCUT2D eigenvalue weighted by molar-refractivity contribution is 7.47. The zero-order valence-electron chi connectivity index (χ0n) is 62.3. The molecule has 0 aliphatic rings. The van der Waals surface area contributed by atoms with Crippen molar-refractivity contribution in [1.82, 2.24) is 0 Å². The minimum Gasteiger partial charge on any atom is -0.462 e. The van der Waals surface area contributed by atoms with Crippen LogP contribution in [0.5, 0.6) is 0 Å². The van der Waals surface area contributed by atoms with Gasteiger partial charge in [-0.2, -0.15) is 0 Å². The van der Waals surface area contributed by atoms with Crippen molar-refractivity contribution in [2.45, 2.75) is 388 Å². The maximum absolute atomic E-state index is 13.1. The second kappa shape index (κ2) is 67.1. The van der Waals surface area contributed by atoms with Crippen LogP contribution in [0, 0.1) is 17.8 Å². The van der Waals surface area contributed by atoms with Crippen LogP contribution in [0.1, 0.15) is 370 Å². The molecule has 3 N–H and O–H groups in total. The van der Waals surface area contributed by atoms with Gasteiger partial charge >= 0.3 is 39.5 Å². The van der Waals surface area contributed by atoms with Crippen LogP contribution < -0.4 is 0 Å². The van der Waals surface area contributed by atoms with Gasteiger partial charge in [0.2, 0.25) is 0 Å². The van der Waals surface area contributed by atoms with Crippen LogP contribution in [0.3, 0.4) is 0 Å². The van der Waals surface area contributed by atoms with E-state index in [0.717, 1.165) is 127 Å². The fraction of sp³-hybridized carbons (Fsp3) is 0.896. The van der Waals surface area contributed by atoms with Crippen molar-refractivity contribution in [1.29, 1.82) is 0 Å². The number of carbonyl (C=O) groups excluding carboxylic acids is 4. The number of rotatable bonds is 73. The Morgan fingerprint density at radius 1 is 0.344 bits per heavy atom. The highest BCUT2D eigenvalue weighted by atomic mass is 31.2. The molecular weight excluding hydrogens is 1260 g/mol. The first-order valence-electron chi connectivity index (χ1n) is 39.2. The number of hydrogen-bond donors (Lipinski definition) is 3. The molecule has 3 unspecified atom stereocenters. The molecule has 0 aromatic rings. The molecule has 0 bridgehead atoms. The van der Waals surface area contributed by atoms with Crippen molar-refractivity contribution in [2.24, 2.45) is 17.8 Å². The third-order valence-corrected chi connectivity index (χ3v) is 19.5. The third-order valence-electron chi connectivity index (χ3n) is 17.6. The van der Waals surface area contributed by atoms with Crippen LogP contribution in [0.4, 0.5) is 0 Å². The molecule has 0 aromatic heterocycles. The second-order valence-electron chi connectivity index (χ2n) is 28.3. The van der Waals surface area contributed by atoms with Crippen molar-refractivity contribution in [2.75, 3.05) is 39.6 Å². The summed E-state index contributed by atoms with van der Waals surface area (Å²) in [6.45, 7) is 11.8. The molecular formula is C77H146O17P2. The largest absolute Gasteiger partial charge is 0.472 e. The SMILES string of the molecule is CCCCCC/C=C\C=C/CCCCCCCC(=O)OC[C@H](COP(=O)(O)OC[C@@H](O)COP(=O)(O)OC[C@@H](COC(=O)CCCCCCCCC(C)C)OC(=O)CCCCCCCCCCCCC(C)CC)OC(=O)CCCCCCCCCCCCCCCCCC(C)C. The maximum atomic E-state index is 13.1. The molecule has 0 spiro atoms. The number of unbranched alkanes of at least 4 members (excludes halogenated alkanes) is 37. The highest BCUT2D eigenvalue weighted by Crippen LogP contribution is 2.45. The van der Waals surface area contributed by atoms with Gasteiger partial charge in [-0.15, -0.1) is 0 Å². The minimum absolute atomic E-state index is 0.100. The van der Waals surface area contributed by atoms with Gasteiger partial charge < -0.3 is 33.8 Å². The van der Waals surface area contributed by atoms with Crippen LogP contribution in [-0.2, 0) is 65.4 Å². The Bertz CT molecular complexity index is 1970. The molecule has 0 saturated carbocycles. The van der Waals surface area contributed by atoms with Gasteiger partial charge in [0.15, 0.2) is 12.2 Å². The number of esters is 4. The number of phosphoric acid groups is 2. The van der Waals surface area contributed by atoms with E-state index >= 15 is 0 Å². The topological polar surface area (TPSA) is 237 Å². The lowest BCUT2D eigenvalue weighted by Crippen LogP contribution is -2.30. The zero-order valence-corrected chi connectivity index (χ0v) is 64.1. The van der Waals surface area contributed by atoms with Gasteiger partial charge in [0.1, 0.15) is 19.3 Å². The molecule has 0 saturated heterocycles. The van der Waals surface area contributed by atoms with Crippen LogP contribution in [-0.4, -0.2) is 96.7 Å². The van der Waals surface area contributed by atoms with Crippen molar-refractivity contribution in [3.63, 3.8) is 0 Å². The summed E-state index contributed by atoms with van der Waals surface area (Å²) in [5.41, 5.74) is 0. The number of allylic oxidation sites excluding steroid dienone is 4. The quantitative estimate of drug-likeness (QED) is 0.0169. The van der Waals surface area contributed by atoms with E-state index in [1.165, 1.54) is 154 Å². The lowest BCUT2D eigenvalue weighted by Gasteiger charge is -2.21. The zero-order chi connectivity index (χ0) is 70.9. The van der Waals surface area contributed by atoms with Crippen molar-refractivity contribution in [3.8, 4) is 0 Å². The number of phosphoric ester groups is 2. The fourth-order valence-electron chi connectivity index (χ4n) is 11.2. The number of aliphatic hydroxyl groups is 1. The van der Waals surface area contributed by atoms with Gasteiger partial charge in [0.25, 0.3) is 0 Å². The fourth-order valence-corrected chi connectivity index (χ4v) is 12.8. The molecule has 0 rings (SSSR count). The monoisotopic (exact) mass is 1410 g/mol. The van der Waals surface area contributed by atoms with Crippen molar-refractivity contribution in [3.05, 3.63) is 24.3 Å². The summed E-state index contributed by atoms with van der Waals surface area (Å²) in [6.07, 6.45) is 56.4. The van der Waals surface area contributed by atoms with Crippen LogP contribution in [0.2, 0.25) is 0 Å². The van der Waals surface area contributed by atoms with Crippen LogP contribution >= 0.6 is 15.6 Å². The molecule has 17 nitrogen and oxygen atoms in total. The summed E-state index contributed by atoms with van der Waals surface area (Å²) >= 11 is 0. The number of ether oxygens (including phenoxy) is 4. The predicted molar refractivity (Wildman–Crippen MR) is 390 cm³/mol. The smallest absolute Gasteiger partial charge is 0.462 e. The Kier molecular flexibility index (Phi) is 65.3. The number of aliphatic hydroxyl groups excluding tert-OH is 1. The Balaban J connectivity index is 5.28.